The number of nitrogens with zero attached hydrogens (tertiary/aromatic N) is 1. The highest BCUT2D eigenvalue weighted by molar-refractivity contribution is 4.93. The third-order valence-corrected chi connectivity index (χ3v) is 2.18. The van der Waals surface area contributed by atoms with Crippen LogP contribution in [0.1, 0.15) is 31.4 Å². The van der Waals surface area contributed by atoms with Gasteiger partial charge in [-0.3, -0.25) is 0 Å². The smallest absolute Gasteiger partial charge is 0.208 e. The summed E-state index contributed by atoms with van der Waals surface area (Å²) >= 11 is 0. The molecule has 1 aromatic rings. The van der Waals surface area contributed by atoms with E-state index in [1.165, 1.54) is 0 Å². The maximum atomic E-state index is 5.46. The fourth-order valence-electron chi connectivity index (χ4n) is 1.28. The quantitative estimate of drug-likeness (QED) is 0.667. The van der Waals surface area contributed by atoms with Gasteiger partial charge in [-0.1, -0.05) is 6.92 Å². The second-order valence-electron chi connectivity index (χ2n) is 3.45. The monoisotopic (exact) mass is 212 g/mol. The predicted octanol–water partition coefficient (Wildman–Crippen LogP) is 1.75. The SMILES string of the molecule is CCc1cnc(CNCCCCOC)o1. The van der Waals surface area contributed by atoms with Gasteiger partial charge in [0.1, 0.15) is 5.76 Å². The Kier molecular flexibility index (Phi) is 6.04. The number of hydrogen-bond acceptors (Lipinski definition) is 4. The van der Waals surface area contributed by atoms with Gasteiger partial charge in [-0.25, -0.2) is 4.98 Å². The third-order valence-electron chi connectivity index (χ3n) is 2.18. The minimum atomic E-state index is 0.715. The van der Waals surface area contributed by atoms with Gasteiger partial charge in [0, 0.05) is 20.1 Å². The molecule has 1 aromatic heterocycles. The molecule has 0 aliphatic rings. The second kappa shape index (κ2) is 7.43. The standard InChI is InChI=1S/C11H20N2O2/c1-3-10-8-13-11(15-10)9-12-6-4-5-7-14-2/h8,12H,3-7,9H2,1-2H3. The Morgan fingerprint density at radius 3 is 3.00 bits per heavy atom. The molecule has 86 valence electrons. The molecule has 1 rings (SSSR count). The molecule has 0 radical (unpaired) electrons. The highest BCUT2D eigenvalue weighted by Crippen LogP contribution is 2.03. The minimum absolute atomic E-state index is 0.715. The fourth-order valence-corrected chi connectivity index (χ4v) is 1.28. The number of unbranched alkanes of at least 4 members (excludes halogenated alkanes) is 1. The van der Waals surface area contributed by atoms with E-state index >= 15 is 0 Å². The molecular weight excluding hydrogens is 192 g/mol. The molecule has 4 nitrogen and oxygen atoms in total. The molecule has 0 saturated carbocycles. The molecule has 4 heteroatoms. The van der Waals surface area contributed by atoms with Crippen molar-refractivity contribution in [3.8, 4) is 0 Å². The maximum absolute atomic E-state index is 5.46. The molecule has 0 unspecified atom stereocenters. The highest BCUT2D eigenvalue weighted by atomic mass is 16.5. The molecule has 0 atom stereocenters. The minimum Gasteiger partial charge on any atom is -0.444 e. The molecule has 0 aliphatic carbocycles. The first-order chi connectivity index (χ1) is 7.36. The maximum Gasteiger partial charge on any atom is 0.208 e. The Bertz CT molecular complexity index is 261. The number of aromatic nitrogens is 1. The van der Waals surface area contributed by atoms with Crippen molar-refractivity contribution >= 4 is 0 Å². The average Bonchev–Trinajstić information content (AvgIpc) is 2.71. The van der Waals surface area contributed by atoms with Crippen molar-refractivity contribution in [1.29, 1.82) is 0 Å². The zero-order valence-electron chi connectivity index (χ0n) is 9.58. The summed E-state index contributed by atoms with van der Waals surface area (Å²) in [4.78, 5) is 4.17. The Balaban J connectivity index is 2.04. The van der Waals surface area contributed by atoms with Gasteiger partial charge in [0.25, 0.3) is 0 Å². The van der Waals surface area contributed by atoms with Crippen molar-refractivity contribution < 1.29 is 9.15 Å². The molecular formula is C11H20N2O2. The van der Waals surface area contributed by atoms with Crippen LogP contribution in [0, 0.1) is 0 Å². The van der Waals surface area contributed by atoms with Crippen LogP contribution in [0.3, 0.4) is 0 Å². The van der Waals surface area contributed by atoms with E-state index in [1.807, 2.05) is 0 Å². The number of ether oxygens (including phenoxy) is 1. The molecule has 0 aromatic carbocycles. The van der Waals surface area contributed by atoms with Gasteiger partial charge in [0.15, 0.2) is 0 Å². The lowest BCUT2D eigenvalue weighted by atomic mass is 10.3. The van der Waals surface area contributed by atoms with E-state index < -0.39 is 0 Å². The first kappa shape index (κ1) is 12.2. The number of oxazole rings is 1. The molecule has 1 N–H and O–H groups in total. The molecule has 0 fully saturated rings. The summed E-state index contributed by atoms with van der Waals surface area (Å²) in [7, 11) is 1.73. The van der Waals surface area contributed by atoms with Crippen LogP contribution in [-0.2, 0) is 17.7 Å². The number of rotatable bonds is 8. The zero-order valence-corrected chi connectivity index (χ0v) is 9.58. The molecule has 0 bridgehead atoms. The van der Waals surface area contributed by atoms with Gasteiger partial charge in [0.2, 0.25) is 5.89 Å². The Morgan fingerprint density at radius 2 is 2.33 bits per heavy atom. The van der Waals surface area contributed by atoms with Crippen LogP contribution in [0.25, 0.3) is 0 Å². The highest BCUT2D eigenvalue weighted by Gasteiger charge is 2.00. The average molecular weight is 212 g/mol. The van der Waals surface area contributed by atoms with Gasteiger partial charge in [-0.2, -0.15) is 0 Å². The van der Waals surface area contributed by atoms with Crippen LogP contribution in [0.15, 0.2) is 10.6 Å². The molecule has 0 amide bonds. The normalized spacial score (nSPS) is 10.8. The summed E-state index contributed by atoms with van der Waals surface area (Å²) in [6, 6.07) is 0. The van der Waals surface area contributed by atoms with Crippen molar-refractivity contribution in [3.63, 3.8) is 0 Å². The topological polar surface area (TPSA) is 47.3 Å². The van der Waals surface area contributed by atoms with Crippen LogP contribution in [0.4, 0.5) is 0 Å². The molecule has 0 spiro atoms. The van der Waals surface area contributed by atoms with Gasteiger partial charge in [-0.05, 0) is 19.4 Å². The second-order valence-corrected chi connectivity index (χ2v) is 3.45. The summed E-state index contributed by atoms with van der Waals surface area (Å²) in [6.07, 6.45) is 4.91. The van der Waals surface area contributed by atoms with Crippen LogP contribution in [0.5, 0.6) is 0 Å². The first-order valence-electron chi connectivity index (χ1n) is 5.50. The van der Waals surface area contributed by atoms with E-state index in [9.17, 15) is 0 Å². The van der Waals surface area contributed by atoms with E-state index in [0.29, 0.717) is 6.54 Å². The van der Waals surface area contributed by atoms with Crippen LogP contribution in [-0.4, -0.2) is 25.2 Å². The first-order valence-corrected chi connectivity index (χ1v) is 5.50. The van der Waals surface area contributed by atoms with Crippen molar-refractivity contribution in [2.24, 2.45) is 0 Å². The van der Waals surface area contributed by atoms with Crippen LogP contribution >= 0.6 is 0 Å². The van der Waals surface area contributed by atoms with Crippen LogP contribution in [0.2, 0.25) is 0 Å². The number of nitrogens with one attached hydrogen (secondary N) is 1. The number of hydrogen-bond donors (Lipinski definition) is 1. The van der Waals surface area contributed by atoms with E-state index in [-0.39, 0.29) is 0 Å². The van der Waals surface area contributed by atoms with E-state index in [4.69, 9.17) is 9.15 Å². The molecule has 1 heterocycles. The van der Waals surface area contributed by atoms with Gasteiger partial charge < -0.3 is 14.5 Å². The summed E-state index contributed by atoms with van der Waals surface area (Å²) in [5.41, 5.74) is 0. The van der Waals surface area contributed by atoms with Gasteiger partial charge in [-0.15, -0.1) is 0 Å². The summed E-state index contributed by atoms with van der Waals surface area (Å²) in [5, 5.41) is 3.29. The summed E-state index contributed by atoms with van der Waals surface area (Å²) in [5.74, 6) is 1.73. The summed E-state index contributed by atoms with van der Waals surface area (Å²) < 4.78 is 10.4. The summed E-state index contributed by atoms with van der Waals surface area (Å²) in [6.45, 7) is 4.59. The van der Waals surface area contributed by atoms with E-state index in [1.54, 1.807) is 13.3 Å². The lowest BCUT2D eigenvalue weighted by Crippen LogP contribution is -2.15. The van der Waals surface area contributed by atoms with Crippen molar-refractivity contribution in [2.75, 3.05) is 20.3 Å². The van der Waals surface area contributed by atoms with Gasteiger partial charge in [0.05, 0.1) is 12.7 Å². The van der Waals surface area contributed by atoms with E-state index in [0.717, 1.165) is 44.1 Å². The Hall–Kier alpha value is -0.870. The lowest BCUT2D eigenvalue weighted by molar-refractivity contribution is 0.192. The number of aryl methyl sites for hydroxylation is 1. The molecule has 0 saturated heterocycles. The van der Waals surface area contributed by atoms with Crippen molar-refractivity contribution in [3.05, 3.63) is 17.8 Å². The fraction of sp³-hybridized carbons (Fsp3) is 0.727. The van der Waals surface area contributed by atoms with Gasteiger partial charge >= 0.3 is 0 Å². The Labute approximate surface area is 91.0 Å². The van der Waals surface area contributed by atoms with Crippen molar-refractivity contribution in [1.82, 2.24) is 10.3 Å². The molecule has 15 heavy (non-hydrogen) atoms. The Morgan fingerprint density at radius 1 is 1.47 bits per heavy atom. The lowest BCUT2D eigenvalue weighted by Gasteiger charge is -2.01. The van der Waals surface area contributed by atoms with Crippen LogP contribution < -0.4 is 5.32 Å². The van der Waals surface area contributed by atoms with Crippen molar-refractivity contribution in [2.45, 2.75) is 32.7 Å². The largest absolute Gasteiger partial charge is 0.444 e. The number of methoxy groups -OCH3 is 1. The zero-order chi connectivity index (χ0) is 10.9. The predicted molar refractivity (Wildman–Crippen MR) is 58.7 cm³/mol. The van der Waals surface area contributed by atoms with E-state index in [2.05, 4.69) is 17.2 Å². The third kappa shape index (κ3) is 4.95. The molecule has 0 aliphatic heterocycles.